The molecule has 1 aliphatic rings. The number of rotatable bonds is 6. The molecule has 0 fully saturated rings. The van der Waals surface area contributed by atoms with E-state index in [9.17, 15) is 4.79 Å². The van der Waals surface area contributed by atoms with E-state index in [0.29, 0.717) is 34.6 Å². The maximum Gasteiger partial charge on any atom is 0.248 e. The van der Waals surface area contributed by atoms with Crippen LogP contribution in [0.5, 0.6) is 17.2 Å². The lowest BCUT2D eigenvalue weighted by Gasteiger charge is -2.08. The van der Waals surface area contributed by atoms with Crippen LogP contribution in [0.25, 0.3) is 6.08 Å². The molecule has 0 saturated heterocycles. The molecule has 0 unspecified atom stereocenters. The number of halogens is 1. The Morgan fingerprint density at radius 1 is 1.21 bits per heavy atom. The SMILES string of the molecule is O=C(/C=C/c1cc(Cl)c2c(c1)OCO2)Nc1cccc(OCc2cccnc2)c1. The fourth-order valence-corrected chi connectivity index (χ4v) is 3.03. The first-order valence-corrected chi connectivity index (χ1v) is 9.25. The molecule has 2 heterocycles. The Balaban J connectivity index is 1.37. The minimum Gasteiger partial charge on any atom is -0.489 e. The zero-order chi connectivity index (χ0) is 20.1. The van der Waals surface area contributed by atoms with Crippen molar-refractivity contribution >= 4 is 29.3 Å². The van der Waals surface area contributed by atoms with Crippen LogP contribution in [0.3, 0.4) is 0 Å². The third kappa shape index (κ3) is 4.86. The maximum absolute atomic E-state index is 12.3. The second-order valence-corrected chi connectivity index (χ2v) is 6.64. The highest BCUT2D eigenvalue weighted by molar-refractivity contribution is 6.32. The second-order valence-electron chi connectivity index (χ2n) is 6.24. The van der Waals surface area contributed by atoms with Crippen LogP contribution in [0.1, 0.15) is 11.1 Å². The minimum absolute atomic E-state index is 0.141. The number of anilines is 1. The highest BCUT2D eigenvalue weighted by atomic mass is 35.5. The Labute approximate surface area is 172 Å². The lowest BCUT2D eigenvalue weighted by molar-refractivity contribution is -0.111. The average Bonchev–Trinajstić information content (AvgIpc) is 3.21. The number of hydrogen-bond donors (Lipinski definition) is 1. The van der Waals surface area contributed by atoms with Gasteiger partial charge in [0.2, 0.25) is 12.7 Å². The normalized spacial score (nSPS) is 12.2. The molecule has 4 rings (SSSR count). The van der Waals surface area contributed by atoms with Gasteiger partial charge in [-0.2, -0.15) is 0 Å². The van der Waals surface area contributed by atoms with Gasteiger partial charge in [0.25, 0.3) is 0 Å². The summed E-state index contributed by atoms with van der Waals surface area (Å²) in [4.78, 5) is 16.3. The summed E-state index contributed by atoms with van der Waals surface area (Å²) in [5.74, 6) is 1.47. The van der Waals surface area contributed by atoms with Gasteiger partial charge in [-0.25, -0.2) is 0 Å². The van der Waals surface area contributed by atoms with Crippen molar-refractivity contribution < 1.29 is 19.0 Å². The van der Waals surface area contributed by atoms with E-state index in [0.717, 1.165) is 11.1 Å². The highest BCUT2D eigenvalue weighted by Gasteiger charge is 2.17. The summed E-state index contributed by atoms with van der Waals surface area (Å²) >= 11 is 6.15. The number of carbonyl (C=O) groups is 1. The molecule has 29 heavy (non-hydrogen) atoms. The number of amides is 1. The van der Waals surface area contributed by atoms with Crippen LogP contribution < -0.4 is 19.5 Å². The van der Waals surface area contributed by atoms with Crippen LogP contribution in [-0.2, 0) is 11.4 Å². The Kier molecular flexibility index (Phi) is 5.63. The topological polar surface area (TPSA) is 69.7 Å². The number of nitrogens with one attached hydrogen (secondary N) is 1. The van der Waals surface area contributed by atoms with Crippen molar-refractivity contribution in [1.82, 2.24) is 4.98 Å². The Morgan fingerprint density at radius 3 is 3.00 bits per heavy atom. The van der Waals surface area contributed by atoms with E-state index >= 15 is 0 Å². The number of benzene rings is 2. The molecule has 1 amide bonds. The summed E-state index contributed by atoms with van der Waals surface area (Å²) in [7, 11) is 0. The second kappa shape index (κ2) is 8.67. The number of pyridine rings is 1. The number of ether oxygens (including phenoxy) is 3. The average molecular weight is 409 g/mol. The first-order chi connectivity index (χ1) is 14.2. The van der Waals surface area contributed by atoms with Crippen LogP contribution in [0.2, 0.25) is 5.02 Å². The molecule has 6 nitrogen and oxygen atoms in total. The monoisotopic (exact) mass is 408 g/mol. The Hall–Kier alpha value is -3.51. The molecular formula is C22H17ClN2O4. The van der Waals surface area contributed by atoms with E-state index in [2.05, 4.69) is 10.3 Å². The van der Waals surface area contributed by atoms with Crippen molar-refractivity contribution in [2.75, 3.05) is 12.1 Å². The number of carbonyl (C=O) groups excluding carboxylic acids is 1. The van der Waals surface area contributed by atoms with Gasteiger partial charge in [-0.05, 0) is 42.0 Å². The molecule has 7 heteroatoms. The van der Waals surface area contributed by atoms with Crippen molar-refractivity contribution in [2.45, 2.75) is 6.61 Å². The summed E-state index contributed by atoms with van der Waals surface area (Å²) < 4.78 is 16.4. The molecule has 1 N–H and O–H groups in total. The first-order valence-electron chi connectivity index (χ1n) is 8.87. The lowest BCUT2D eigenvalue weighted by atomic mass is 10.2. The summed E-state index contributed by atoms with van der Waals surface area (Å²) in [5, 5.41) is 3.25. The molecule has 1 aromatic heterocycles. The first kappa shape index (κ1) is 18.8. The molecule has 0 spiro atoms. The molecule has 1 aliphatic heterocycles. The molecule has 0 radical (unpaired) electrons. The molecular weight excluding hydrogens is 392 g/mol. The van der Waals surface area contributed by atoms with Gasteiger partial charge in [-0.3, -0.25) is 9.78 Å². The van der Waals surface area contributed by atoms with Gasteiger partial charge in [-0.1, -0.05) is 23.7 Å². The van der Waals surface area contributed by atoms with Crippen molar-refractivity contribution in [2.24, 2.45) is 0 Å². The smallest absolute Gasteiger partial charge is 0.248 e. The maximum atomic E-state index is 12.3. The van der Waals surface area contributed by atoms with Crippen LogP contribution in [0.15, 0.2) is 67.0 Å². The number of fused-ring (bicyclic) bond motifs is 1. The van der Waals surface area contributed by atoms with E-state index in [1.165, 1.54) is 6.08 Å². The van der Waals surface area contributed by atoms with Crippen LogP contribution in [0, 0.1) is 0 Å². The van der Waals surface area contributed by atoms with Crippen LogP contribution >= 0.6 is 11.6 Å². The number of aromatic nitrogens is 1. The van der Waals surface area contributed by atoms with Crippen LogP contribution in [0.4, 0.5) is 5.69 Å². The molecule has 146 valence electrons. The lowest BCUT2D eigenvalue weighted by Crippen LogP contribution is -2.07. The minimum atomic E-state index is -0.275. The van der Waals surface area contributed by atoms with Crippen LogP contribution in [-0.4, -0.2) is 17.7 Å². The van der Waals surface area contributed by atoms with Crippen molar-refractivity contribution in [3.63, 3.8) is 0 Å². The van der Waals surface area contributed by atoms with Crippen molar-refractivity contribution in [1.29, 1.82) is 0 Å². The largest absolute Gasteiger partial charge is 0.489 e. The molecule has 0 bridgehead atoms. The van der Waals surface area contributed by atoms with E-state index in [1.54, 1.807) is 42.7 Å². The predicted octanol–water partition coefficient (Wildman–Crippen LogP) is 4.69. The summed E-state index contributed by atoms with van der Waals surface area (Å²) in [6.45, 7) is 0.540. The van der Waals surface area contributed by atoms with Gasteiger partial charge in [0.15, 0.2) is 11.5 Å². The van der Waals surface area contributed by atoms with Gasteiger partial charge in [0.05, 0.1) is 5.02 Å². The predicted molar refractivity (Wildman–Crippen MR) is 110 cm³/mol. The zero-order valence-corrected chi connectivity index (χ0v) is 16.1. The van der Waals surface area contributed by atoms with Gasteiger partial charge in [-0.15, -0.1) is 0 Å². The Morgan fingerprint density at radius 2 is 2.14 bits per heavy atom. The summed E-state index contributed by atoms with van der Waals surface area (Å²) in [6, 6.07) is 14.5. The van der Waals surface area contributed by atoms with E-state index in [1.807, 2.05) is 24.3 Å². The van der Waals surface area contributed by atoms with Gasteiger partial charge in [0, 0.05) is 35.8 Å². The fourth-order valence-electron chi connectivity index (χ4n) is 2.75. The fraction of sp³-hybridized carbons (Fsp3) is 0.0909. The quantitative estimate of drug-likeness (QED) is 0.599. The zero-order valence-electron chi connectivity index (χ0n) is 15.3. The third-order valence-corrected chi connectivity index (χ3v) is 4.39. The van der Waals surface area contributed by atoms with Gasteiger partial charge < -0.3 is 19.5 Å². The van der Waals surface area contributed by atoms with E-state index in [-0.39, 0.29) is 12.7 Å². The molecule has 3 aromatic rings. The van der Waals surface area contributed by atoms with Gasteiger partial charge >= 0.3 is 0 Å². The summed E-state index contributed by atoms with van der Waals surface area (Å²) in [6.07, 6.45) is 6.55. The molecule has 0 aliphatic carbocycles. The van der Waals surface area contributed by atoms with E-state index < -0.39 is 0 Å². The number of nitrogens with zero attached hydrogens (tertiary/aromatic N) is 1. The van der Waals surface area contributed by atoms with Crippen molar-refractivity contribution in [3.8, 4) is 17.2 Å². The molecule has 0 saturated carbocycles. The van der Waals surface area contributed by atoms with E-state index in [4.69, 9.17) is 25.8 Å². The van der Waals surface area contributed by atoms with Crippen molar-refractivity contribution in [3.05, 3.63) is 83.2 Å². The number of hydrogen-bond acceptors (Lipinski definition) is 5. The standard InChI is InChI=1S/C22H17ClN2O4/c23-19-9-15(10-20-22(19)29-14-28-20)6-7-21(26)25-17-4-1-5-18(11-17)27-13-16-3-2-8-24-12-16/h1-12H,13-14H2,(H,25,26)/b7-6+. The molecule has 2 aromatic carbocycles. The Bertz CT molecular complexity index is 1050. The highest BCUT2D eigenvalue weighted by Crippen LogP contribution is 2.40. The van der Waals surface area contributed by atoms with Gasteiger partial charge in [0.1, 0.15) is 12.4 Å². The third-order valence-electron chi connectivity index (χ3n) is 4.11. The summed E-state index contributed by atoms with van der Waals surface area (Å²) in [5.41, 5.74) is 2.34. The molecule has 0 atom stereocenters.